The van der Waals surface area contributed by atoms with E-state index in [0.717, 1.165) is 38.3 Å². The molecule has 0 spiro atoms. The number of rotatable bonds is 6. The van der Waals surface area contributed by atoms with Gasteiger partial charge in [0.2, 0.25) is 10.0 Å². The van der Waals surface area contributed by atoms with Gasteiger partial charge in [-0.15, -0.1) is 0 Å². The molecule has 3 N–H and O–H groups in total. The molecule has 164 valence electrons. The zero-order valence-electron chi connectivity index (χ0n) is 16.6. The Kier molecular flexibility index (Phi) is 6.59. The van der Waals surface area contributed by atoms with Gasteiger partial charge in [0.25, 0.3) is 0 Å². The van der Waals surface area contributed by atoms with Crippen molar-refractivity contribution in [2.75, 3.05) is 42.9 Å². The number of para-hydroxylation sites is 1. The van der Waals surface area contributed by atoms with Gasteiger partial charge in [-0.2, -0.15) is 13.2 Å². The summed E-state index contributed by atoms with van der Waals surface area (Å²) in [4.78, 5) is 3.63. The van der Waals surface area contributed by atoms with Crippen molar-refractivity contribution < 1.29 is 21.6 Å². The van der Waals surface area contributed by atoms with Crippen LogP contribution in [0, 0.1) is 0 Å². The molecule has 0 aliphatic carbocycles. The molecule has 1 unspecified atom stereocenters. The first kappa shape index (κ1) is 22.4. The van der Waals surface area contributed by atoms with Gasteiger partial charge in [-0.05, 0) is 37.3 Å². The molecule has 1 atom stereocenters. The van der Waals surface area contributed by atoms with E-state index < -0.39 is 26.7 Å². The maximum atomic E-state index is 13.3. The number of alkyl halides is 3. The topological polar surface area (TPSA) is 78.7 Å². The summed E-state index contributed by atoms with van der Waals surface area (Å²) in [5.74, 6) is 0. The molecule has 6 nitrogen and oxygen atoms in total. The van der Waals surface area contributed by atoms with Gasteiger partial charge in [0.15, 0.2) is 0 Å². The first-order valence-electron chi connectivity index (χ1n) is 9.57. The van der Waals surface area contributed by atoms with Crippen molar-refractivity contribution in [3.05, 3.63) is 54.1 Å². The van der Waals surface area contributed by atoms with E-state index in [1.807, 2.05) is 25.1 Å². The number of sulfonamides is 1. The predicted molar refractivity (Wildman–Crippen MR) is 111 cm³/mol. The van der Waals surface area contributed by atoms with Crippen LogP contribution >= 0.6 is 0 Å². The van der Waals surface area contributed by atoms with E-state index in [2.05, 4.69) is 27.2 Å². The van der Waals surface area contributed by atoms with Crippen LogP contribution in [0.3, 0.4) is 0 Å². The fourth-order valence-corrected chi connectivity index (χ4v) is 4.37. The number of halogens is 3. The molecule has 1 aliphatic rings. The second-order valence-corrected chi connectivity index (χ2v) is 8.95. The Bertz CT molecular complexity index is 960. The number of hydrogen-bond donors (Lipinski definition) is 2. The molecule has 0 radical (unpaired) electrons. The highest BCUT2D eigenvalue weighted by Gasteiger charge is 2.36. The Hall–Kier alpha value is -2.30. The van der Waals surface area contributed by atoms with E-state index in [4.69, 9.17) is 5.14 Å². The van der Waals surface area contributed by atoms with Gasteiger partial charge in [0.05, 0.1) is 10.5 Å². The Balaban J connectivity index is 1.61. The lowest BCUT2D eigenvalue weighted by Gasteiger charge is -2.37. The highest BCUT2D eigenvalue weighted by molar-refractivity contribution is 7.89. The van der Waals surface area contributed by atoms with Gasteiger partial charge in [0.1, 0.15) is 0 Å². The van der Waals surface area contributed by atoms with Gasteiger partial charge in [-0.1, -0.05) is 18.2 Å². The number of hydrogen-bond acceptors (Lipinski definition) is 5. The standard InChI is InChI=1S/C20H25F3N4O2S/c1-15(14-26-9-11-27(12-10-26)17-5-3-2-4-6-17)25-16-7-8-19(30(24,28)29)18(13-16)20(21,22)23/h2-8,13,15,25H,9-12,14H2,1H3,(H2,24,28,29). The Morgan fingerprint density at radius 2 is 1.70 bits per heavy atom. The second kappa shape index (κ2) is 8.83. The maximum Gasteiger partial charge on any atom is 0.417 e. The van der Waals surface area contributed by atoms with E-state index in [1.165, 1.54) is 11.8 Å². The third-order valence-electron chi connectivity index (χ3n) is 5.03. The number of piperazine rings is 1. The molecular weight excluding hydrogens is 417 g/mol. The molecule has 0 aromatic heterocycles. The van der Waals surface area contributed by atoms with Crippen LogP contribution in [0.1, 0.15) is 12.5 Å². The van der Waals surface area contributed by atoms with Crippen molar-refractivity contribution in [1.82, 2.24) is 4.90 Å². The first-order chi connectivity index (χ1) is 14.0. The fraction of sp³-hybridized carbons (Fsp3) is 0.400. The van der Waals surface area contributed by atoms with Crippen molar-refractivity contribution in [2.24, 2.45) is 5.14 Å². The summed E-state index contributed by atoms with van der Waals surface area (Å²) >= 11 is 0. The number of benzene rings is 2. The van der Waals surface area contributed by atoms with Crippen molar-refractivity contribution >= 4 is 21.4 Å². The van der Waals surface area contributed by atoms with Gasteiger partial charge in [0, 0.05) is 50.1 Å². The minimum absolute atomic E-state index is 0.130. The third kappa shape index (κ3) is 5.65. The highest BCUT2D eigenvalue weighted by Crippen LogP contribution is 2.35. The van der Waals surface area contributed by atoms with E-state index in [-0.39, 0.29) is 11.7 Å². The maximum absolute atomic E-state index is 13.3. The molecule has 0 amide bonds. The minimum Gasteiger partial charge on any atom is -0.381 e. The lowest BCUT2D eigenvalue weighted by molar-refractivity contribution is -0.139. The van der Waals surface area contributed by atoms with Crippen LogP contribution in [0.25, 0.3) is 0 Å². The van der Waals surface area contributed by atoms with E-state index in [0.29, 0.717) is 6.54 Å². The van der Waals surface area contributed by atoms with E-state index in [1.54, 1.807) is 0 Å². The molecule has 2 aromatic carbocycles. The van der Waals surface area contributed by atoms with E-state index >= 15 is 0 Å². The van der Waals surface area contributed by atoms with Gasteiger partial charge in [-0.3, -0.25) is 4.90 Å². The summed E-state index contributed by atoms with van der Waals surface area (Å²) < 4.78 is 62.8. The Morgan fingerprint density at radius 3 is 2.27 bits per heavy atom. The number of primary sulfonamides is 1. The van der Waals surface area contributed by atoms with Crippen LogP contribution in [-0.4, -0.2) is 52.1 Å². The largest absolute Gasteiger partial charge is 0.417 e. The van der Waals surface area contributed by atoms with Gasteiger partial charge in [-0.25, -0.2) is 13.6 Å². The molecule has 1 aliphatic heterocycles. The molecule has 2 aromatic rings. The molecule has 1 saturated heterocycles. The number of nitrogens with two attached hydrogens (primary N) is 1. The summed E-state index contributed by atoms with van der Waals surface area (Å²) in [6, 6.07) is 13.0. The average Bonchev–Trinajstić information content (AvgIpc) is 2.67. The van der Waals surface area contributed by atoms with Crippen molar-refractivity contribution in [1.29, 1.82) is 0 Å². The minimum atomic E-state index is -4.82. The molecule has 1 fully saturated rings. The van der Waals surface area contributed by atoms with Crippen LogP contribution < -0.4 is 15.4 Å². The SMILES string of the molecule is CC(CN1CCN(c2ccccc2)CC1)Nc1ccc(S(N)(=O)=O)c(C(F)(F)F)c1. The third-order valence-corrected chi connectivity index (χ3v) is 6.00. The quantitative estimate of drug-likeness (QED) is 0.719. The summed E-state index contributed by atoms with van der Waals surface area (Å²) in [5, 5.41) is 7.96. The summed E-state index contributed by atoms with van der Waals surface area (Å²) in [5.41, 5.74) is 0.113. The highest BCUT2D eigenvalue weighted by atomic mass is 32.2. The first-order valence-corrected chi connectivity index (χ1v) is 11.1. The molecular formula is C20H25F3N4O2S. The smallest absolute Gasteiger partial charge is 0.381 e. The second-order valence-electron chi connectivity index (χ2n) is 7.42. The summed E-state index contributed by atoms with van der Waals surface area (Å²) in [6.45, 7) is 5.97. The lowest BCUT2D eigenvalue weighted by atomic mass is 10.1. The average molecular weight is 443 g/mol. The van der Waals surface area contributed by atoms with Gasteiger partial charge >= 0.3 is 6.18 Å². The summed E-state index contributed by atoms with van der Waals surface area (Å²) in [7, 11) is -4.47. The Labute approximate surface area is 174 Å². The van der Waals surface area contributed by atoms with E-state index in [9.17, 15) is 21.6 Å². The number of nitrogens with zero attached hydrogens (tertiary/aromatic N) is 2. The van der Waals surface area contributed by atoms with Crippen LogP contribution in [0.2, 0.25) is 0 Å². The fourth-order valence-electron chi connectivity index (χ4n) is 3.63. The van der Waals surface area contributed by atoms with Crippen LogP contribution in [0.5, 0.6) is 0 Å². The molecule has 1 heterocycles. The van der Waals surface area contributed by atoms with Crippen molar-refractivity contribution in [2.45, 2.75) is 24.0 Å². The number of anilines is 2. The van der Waals surface area contributed by atoms with Crippen LogP contribution in [0.15, 0.2) is 53.4 Å². The molecule has 3 rings (SSSR count). The molecule has 0 saturated carbocycles. The predicted octanol–water partition coefficient (Wildman–Crippen LogP) is 2.98. The Morgan fingerprint density at radius 1 is 1.07 bits per heavy atom. The number of nitrogens with one attached hydrogen (secondary N) is 1. The lowest BCUT2D eigenvalue weighted by Crippen LogP contribution is -2.49. The van der Waals surface area contributed by atoms with Crippen LogP contribution in [0.4, 0.5) is 24.5 Å². The molecule has 0 bridgehead atoms. The monoisotopic (exact) mass is 442 g/mol. The van der Waals surface area contributed by atoms with Crippen LogP contribution in [-0.2, 0) is 16.2 Å². The zero-order chi connectivity index (χ0) is 21.9. The van der Waals surface area contributed by atoms with Crippen molar-refractivity contribution in [3.63, 3.8) is 0 Å². The van der Waals surface area contributed by atoms with Gasteiger partial charge < -0.3 is 10.2 Å². The molecule has 30 heavy (non-hydrogen) atoms. The zero-order valence-corrected chi connectivity index (χ0v) is 17.4. The normalized spacial score (nSPS) is 17.0. The van der Waals surface area contributed by atoms with Crippen molar-refractivity contribution in [3.8, 4) is 0 Å². The molecule has 10 heteroatoms. The summed E-state index contributed by atoms with van der Waals surface area (Å²) in [6.07, 6.45) is -4.82.